The molecule has 2 N–H and O–H groups in total. The van der Waals surface area contributed by atoms with E-state index < -0.39 is 41.9 Å². The quantitative estimate of drug-likeness (QED) is 0.458. The molecule has 1 aliphatic carbocycles. The van der Waals surface area contributed by atoms with E-state index in [9.17, 15) is 27.6 Å². The zero-order valence-electron chi connectivity index (χ0n) is 21.3. The molecule has 212 valence electrons. The number of likely N-dealkylation sites (tertiary alicyclic amines) is 1. The molecule has 1 unspecified atom stereocenters. The van der Waals surface area contributed by atoms with E-state index in [0.29, 0.717) is 40.4 Å². The lowest BCUT2D eigenvalue weighted by Crippen LogP contribution is -2.56. The summed E-state index contributed by atoms with van der Waals surface area (Å²) in [6.07, 6.45) is -1.03. The van der Waals surface area contributed by atoms with Crippen LogP contribution < -0.4 is 10.6 Å². The number of carbonyl (C=O) groups excluding carboxylic acids is 3. The van der Waals surface area contributed by atoms with Crippen molar-refractivity contribution in [2.75, 3.05) is 18.4 Å². The molecule has 8 nitrogen and oxygen atoms in total. The van der Waals surface area contributed by atoms with Gasteiger partial charge in [0.05, 0.1) is 21.0 Å². The number of carbonyl (C=O) groups is 3. The number of alkyl halides is 3. The SMILES string of the molecule is O=C(N[C@H]1C[C@@H](c2cccc(Cl)c2Cl)CN(CC(F)(F)F)C1=O)c1cnc2c(c1)CC1(C2)C(=O)Nc2ncccc21. The topological polar surface area (TPSA) is 104 Å². The van der Waals surface area contributed by atoms with E-state index in [1.807, 2.05) is 6.07 Å². The standard InChI is InChI=1S/C28H22Cl2F3N5O3/c29-19-5-1-3-17(22(19)30)16-8-20(25(40)38(12-16)13-28(31,32)33)36-24(39)15-7-14-9-27(10-21(14)35-11-15)18-4-2-6-34-23(18)37-26(27)41/h1-7,11,16,20H,8-10,12-13H2,(H,36,39)(H,34,37,41)/t16-,20+,27?/m1/s1. The molecule has 3 aliphatic rings. The largest absolute Gasteiger partial charge is 0.406 e. The van der Waals surface area contributed by atoms with Gasteiger partial charge in [0.2, 0.25) is 11.8 Å². The van der Waals surface area contributed by atoms with Crippen LogP contribution in [-0.2, 0) is 27.8 Å². The first-order valence-electron chi connectivity index (χ1n) is 12.8. The van der Waals surface area contributed by atoms with Crippen molar-refractivity contribution in [3.63, 3.8) is 0 Å². The van der Waals surface area contributed by atoms with Gasteiger partial charge in [-0.2, -0.15) is 13.2 Å². The van der Waals surface area contributed by atoms with Crippen molar-refractivity contribution in [1.29, 1.82) is 0 Å². The van der Waals surface area contributed by atoms with Gasteiger partial charge in [0.1, 0.15) is 18.4 Å². The smallest absolute Gasteiger partial charge is 0.340 e. The minimum absolute atomic E-state index is 0.0322. The molecule has 3 atom stereocenters. The van der Waals surface area contributed by atoms with E-state index in [1.54, 1.807) is 36.5 Å². The van der Waals surface area contributed by atoms with Crippen molar-refractivity contribution >= 4 is 46.7 Å². The van der Waals surface area contributed by atoms with Gasteiger partial charge in [0.15, 0.2) is 0 Å². The van der Waals surface area contributed by atoms with Crippen LogP contribution in [0.5, 0.6) is 0 Å². The van der Waals surface area contributed by atoms with Crippen LogP contribution in [0.1, 0.15) is 45.1 Å². The summed E-state index contributed by atoms with van der Waals surface area (Å²) >= 11 is 12.5. The highest BCUT2D eigenvalue weighted by atomic mass is 35.5. The fourth-order valence-electron chi connectivity index (χ4n) is 6.06. The first-order chi connectivity index (χ1) is 19.4. The van der Waals surface area contributed by atoms with Crippen molar-refractivity contribution in [3.05, 3.63) is 86.8 Å². The summed E-state index contributed by atoms with van der Waals surface area (Å²) < 4.78 is 40.0. The molecule has 3 aromatic rings. The first kappa shape index (κ1) is 27.5. The average Bonchev–Trinajstić information content (AvgIpc) is 3.44. The van der Waals surface area contributed by atoms with Gasteiger partial charge in [0.25, 0.3) is 5.91 Å². The number of aromatic nitrogens is 2. The van der Waals surface area contributed by atoms with Crippen LogP contribution in [0.25, 0.3) is 0 Å². The Bertz CT molecular complexity index is 1600. The van der Waals surface area contributed by atoms with Crippen molar-refractivity contribution in [1.82, 2.24) is 20.2 Å². The Morgan fingerprint density at radius 1 is 1.15 bits per heavy atom. The van der Waals surface area contributed by atoms with E-state index in [0.717, 1.165) is 5.56 Å². The van der Waals surface area contributed by atoms with Crippen LogP contribution in [0.4, 0.5) is 19.0 Å². The number of halogens is 5. The second kappa shape index (κ2) is 9.99. The Morgan fingerprint density at radius 3 is 2.73 bits per heavy atom. The summed E-state index contributed by atoms with van der Waals surface area (Å²) in [5, 5.41) is 5.84. The number of rotatable bonds is 4. The predicted octanol–water partition coefficient (Wildman–Crippen LogP) is 4.45. The molecule has 1 spiro atoms. The predicted molar refractivity (Wildman–Crippen MR) is 144 cm³/mol. The normalized spacial score (nSPS) is 23.4. The molecule has 2 aliphatic heterocycles. The third-order valence-corrected chi connectivity index (χ3v) is 8.77. The summed E-state index contributed by atoms with van der Waals surface area (Å²) in [5.74, 6) is -1.80. The van der Waals surface area contributed by atoms with Gasteiger partial charge in [0, 0.05) is 42.5 Å². The highest BCUT2D eigenvalue weighted by molar-refractivity contribution is 6.42. The Labute approximate surface area is 242 Å². The van der Waals surface area contributed by atoms with Crippen molar-refractivity contribution < 1.29 is 27.6 Å². The number of amides is 3. The lowest BCUT2D eigenvalue weighted by Gasteiger charge is -2.38. The summed E-state index contributed by atoms with van der Waals surface area (Å²) in [6.45, 7) is -1.70. The monoisotopic (exact) mass is 603 g/mol. The lowest BCUT2D eigenvalue weighted by atomic mass is 9.80. The van der Waals surface area contributed by atoms with E-state index >= 15 is 0 Å². The number of hydrogen-bond donors (Lipinski definition) is 2. The maximum absolute atomic E-state index is 13.3. The first-order valence-corrected chi connectivity index (χ1v) is 13.6. The minimum atomic E-state index is -4.63. The molecular formula is C28H22Cl2F3N5O3. The minimum Gasteiger partial charge on any atom is -0.340 e. The van der Waals surface area contributed by atoms with Crippen LogP contribution in [0.15, 0.2) is 48.8 Å². The van der Waals surface area contributed by atoms with E-state index in [1.165, 1.54) is 6.20 Å². The fourth-order valence-corrected chi connectivity index (χ4v) is 6.52. The van der Waals surface area contributed by atoms with E-state index in [-0.39, 0.29) is 34.5 Å². The molecule has 1 saturated heterocycles. The highest BCUT2D eigenvalue weighted by Gasteiger charge is 2.52. The molecule has 41 heavy (non-hydrogen) atoms. The van der Waals surface area contributed by atoms with Crippen LogP contribution in [0.3, 0.4) is 0 Å². The fraction of sp³-hybridized carbons (Fsp3) is 0.321. The average molecular weight is 604 g/mol. The molecule has 1 fully saturated rings. The van der Waals surface area contributed by atoms with Gasteiger partial charge >= 0.3 is 6.18 Å². The highest BCUT2D eigenvalue weighted by Crippen LogP contribution is 2.46. The number of nitrogens with zero attached hydrogens (tertiary/aromatic N) is 3. The van der Waals surface area contributed by atoms with Gasteiger partial charge < -0.3 is 15.5 Å². The van der Waals surface area contributed by atoms with Gasteiger partial charge in [-0.05, 0) is 42.2 Å². The molecule has 0 saturated carbocycles. The van der Waals surface area contributed by atoms with Gasteiger partial charge in [-0.25, -0.2) is 4.98 Å². The molecule has 1 aromatic carbocycles. The maximum atomic E-state index is 13.3. The zero-order chi connectivity index (χ0) is 29.1. The third kappa shape index (κ3) is 4.91. The van der Waals surface area contributed by atoms with Crippen LogP contribution in [0, 0.1) is 0 Å². The number of piperidine rings is 1. The third-order valence-electron chi connectivity index (χ3n) is 7.94. The van der Waals surface area contributed by atoms with Crippen molar-refractivity contribution in [2.24, 2.45) is 0 Å². The molecule has 4 heterocycles. The number of pyridine rings is 2. The Morgan fingerprint density at radius 2 is 1.95 bits per heavy atom. The summed E-state index contributed by atoms with van der Waals surface area (Å²) in [6, 6.07) is 8.80. The van der Waals surface area contributed by atoms with Crippen LogP contribution >= 0.6 is 23.2 Å². The molecule has 2 aromatic heterocycles. The van der Waals surface area contributed by atoms with Crippen LogP contribution in [-0.4, -0.2) is 57.9 Å². The Hall–Kier alpha value is -3.70. The van der Waals surface area contributed by atoms with Crippen molar-refractivity contribution in [2.45, 2.75) is 42.8 Å². The lowest BCUT2D eigenvalue weighted by molar-refractivity contribution is -0.165. The van der Waals surface area contributed by atoms with Crippen LogP contribution in [0.2, 0.25) is 10.0 Å². The summed E-state index contributed by atoms with van der Waals surface area (Å²) in [5.41, 5.74) is 1.86. The Kier molecular flexibility index (Phi) is 6.69. The van der Waals surface area contributed by atoms with E-state index in [2.05, 4.69) is 20.6 Å². The van der Waals surface area contributed by atoms with Gasteiger partial charge in [-0.3, -0.25) is 19.4 Å². The van der Waals surface area contributed by atoms with Crippen molar-refractivity contribution in [3.8, 4) is 0 Å². The molecule has 6 rings (SSSR count). The molecule has 3 amide bonds. The molecule has 0 radical (unpaired) electrons. The molecule has 0 bridgehead atoms. The second-order valence-electron chi connectivity index (χ2n) is 10.6. The second-order valence-corrected chi connectivity index (χ2v) is 11.3. The zero-order valence-corrected chi connectivity index (χ0v) is 22.8. The number of hydrogen-bond acceptors (Lipinski definition) is 5. The van der Waals surface area contributed by atoms with Gasteiger partial charge in [-0.15, -0.1) is 0 Å². The number of nitrogens with one attached hydrogen (secondary N) is 2. The van der Waals surface area contributed by atoms with E-state index in [4.69, 9.17) is 23.2 Å². The molecular weight excluding hydrogens is 582 g/mol. The maximum Gasteiger partial charge on any atom is 0.406 e. The number of benzene rings is 1. The van der Waals surface area contributed by atoms with Gasteiger partial charge in [-0.1, -0.05) is 41.4 Å². The summed E-state index contributed by atoms with van der Waals surface area (Å²) in [4.78, 5) is 48.7. The Balaban J connectivity index is 1.25. The molecule has 13 heteroatoms. The number of anilines is 1. The summed E-state index contributed by atoms with van der Waals surface area (Å²) in [7, 11) is 0. The number of fused-ring (bicyclic) bond motifs is 3.